The van der Waals surface area contributed by atoms with Crippen LogP contribution in [-0.4, -0.2) is 18.4 Å². The van der Waals surface area contributed by atoms with Gasteiger partial charge in [-0.25, -0.2) is 18.5 Å². The maximum absolute atomic E-state index is 11.4. The number of nitriles is 1. The van der Waals surface area contributed by atoms with Crippen molar-refractivity contribution in [1.29, 1.82) is 5.26 Å². The van der Waals surface area contributed by atoms with Crippen molar-refractivity contribution in [3.63, 3.8) is 0 Å². The molecule has 1 heterocycles. The van der Waals surface area contributed by atoms with E-state index in [-0.39, 0.29) is 4.90 Å². The third-order valence-electron chi connectivity index (χ3n) is 4.52. The highest BCUT2D eigenvalue weighted by atomic mass is 32.2. The van der Waals surface area contributed by atoms with E-state index in [9.17, 15) is 8.42 Å². The van der Waals surface area contributed by atoms with Gasteiger partial charge in [-0.3, -0.25) is 0 Å². The normalized spacial score (nSPS) is 11.0. The van der Waals surface area contributed by atoms with Crippen LogP contribution in [0.3, 0.4) is 0 Å². The van der Waals surface area contributed by atoms with Crippen molar-refractivity contribution >= 4 is 33.2 Å². The highest BCUT2D eigenvalue weighted by Gasteiger charge is 2.09. The number of benzene rings is 2. The molecule has 0 saturated carbocycles. The Labute approximate surface area is 175 Å². The molecule has 3 aromatic rings. The summed E-state index contributed by atoms with van der Waals surface area (Å²) in [7, 11) is -3.74. The molecular formula is C21H22N6O2S. The molecule has 0 aliphatic rings. The van der Waals surface area contributed by atoms with E-state index >= 15 is 0 Å². The average molecular weight is 423 g/mol. The molecule has 1 aromatic heterocycles. The summed E-state index contributed by atoms with van der Waals surface area (Å²) in [4.78, 5) is 8.83. The monoisotopic (exact) mass is 422 g/mol. The Balaban J connectivity index is 1.77. The number of nitrogens with two attached hydrogens (primary N) is 1. The first-order valence-electron chi connectivity index (χ1n) is 9.23. The van der Waals surface area contributed by atoms with E-state index in [1.165, 1.54) is 12.1 Å². The molecule has 0 fully saturated rings. The lowest BCUT2D eigenvalue weighted by atomic mass is 10.0. The topological polar surface area (TPSA) is 134 Å². The predicted octanol–water partition coefficient (Wildman–Crippen LogP) is 3.68. The summed E-state index contributed by atoms with van der Waals surface area (Å²) >= 11 is 0. The van der Waals surface area contributed by atoms with Gasteiger partial charge in [-0.15, -0.1) is 0 Å². The molecule has 0 spiro atoms. The molecule has 0 saturated heterocycles. The van der Waals surface area contributed by atoms with Crippen LogP contribution in [0.25, 0.3) is 0 Å². The molecule has 0 unspecified atom stereocenters. The maximum Gasteiger partial charge on any atom is 0.238 e. The molecule has 8 nitrogen and oxygen atoms in total. The molecule has 0 amide bonds. The van der Waals surface area contributed by atoms with Crippen LogP contribution < -0.4 is 15.8 Å². The number of hydrogen-bond acceptors (Lipinski definition) is 7. The zero-order chi connectivity index (χ0) is 21.7. The van der Waals surface area contributed by atoms with E-state index in [1.54, 1.807) is 18.3 Å². The number of aryl methyl sites for hydroxylation is 3. The Morgan fingerprint density at radius 3 is 2.37 bits per heavy atom. The summed E-state index contributed by atoms with van der Waals surface area (Å²) in [6.07, 6.45) is 2.92. The lowest BCUT2D eigenvalue weighted by Crippen LogP contribution is -2.11. The van der Waals surface area contributed by atoms with E-state index in [2.05, 4.69) is 26.7 Å². The number of hydrogen-bond donors (Lipinski definition) is 3. The van der Waals surface area contributed by atoms with Crippen molar-refractivity contribution in [2.24, 2.45) is 5.14 Å². The number of aromatic nitrogens is 2. The summed E-state index contributed by atoms with van der Waals surface area (Å²) in [5.74, 6) is 1.02. The third kappa shape index (κ3) is 5.31. The fourth-order valence-electron chi connectivity index (χ4n) is 2.87. The quantitative estimate of drug-likeness (QED) is 0.529. The second-order valence-corrected chi connectivity index (χ2v) is 8.41. The molecule has 4 N–H and O–H groups in total. The van der Waals surface area contributed by atoms with Crippen LogP contribution in [0.4, 0.5) is 23.1 Å². The lowest BCUT2D eigenvalue weighted by Gasteiger charge is -2.13. The van der Waals surface area contributed by atoms with Gasteiger partial charge in [-0.05, 0) is 67.8 Å². The van der Waals surface area contributed by atoms with Crippen LogP contribution in [0.15, 0.2) is 53.6 Å². The molecular weight excluding hydrogens is 400 g/mol. The minimum atomic E-state index is -3.74. The number of sulfonamides is 1. The van der Waals surface area contributed by atoms with Gasteiger partial charge in [0.2, 0.25) is 16.0 Å². The Hall–Kier alpha value is -3.48. The van der Waals surface area contributed by atoms with E-state index in [4.69, 9.17) is 10.4 Å². The lowest BCUT2D eigenvalue weighted by molar-refractivity contribution is 0.598. The van der Waals surface area contributed by atoms with E-state index in [0.717, 1.165) is 28.8 Å². The highest BCUT2D eigenvalue weighted by molar-refractivity contribution is 7.89. The zero-order valence-corrected chi connectivity index (χ0v) is 17.5. The van der Waals surface area contributed by atoms with E-state index < -0.39 is 10.0 Å². The van der Waals surface area contributed by atoms with Gasteiger partial charge >= 0.3 is 0 Å². The molecule has 3 rings (SSSR count). The van der Waals surface area contributed by atoms with Crippen LogP contribution in [0, 0.1) is 25.2 Å². The standard InChI is InChI=1S/C21H22N6O2S/c1-14-12-18(6-5-16(14)4-3-11-22)25-20-15(2)13-24-21(27-20)26-17-7-9-19(10-8-17)30(23,28)29/h5-10,12-13H,3-4H2,1-2H3,(H2,23,28,29)(H2,24,25,26,27). The number of nitrogens with one attached hydrogen (secondary N) is 2. The zero-order valence-electron chi connectivity index (χ0n) is 16.7. The fourth-order valence-corrected chi connectivity index (χ4v) is 3.38. The molecule has 9 heteroatoms. The summed E-state index contributed by atoms with van der Waals surface area (Å²) in [5.41, 5.74) is 4.65. The van der Waals surface area contributed by atoms with Gasteiger partial charge in [0, 0.05) is 29.6 Å². The first kappa shape index (κ1) is 21.2. The molecule has 0 bridgehead atoms. The number of rotatable bonds is 7. The molecule has 0 aliphatic heterocycles. The van der Waals surface area contributed by atoms with Crippen molar-refractivity contribution in [3.8, 4) is 6.07 Å². The first-order valence-corrected chi connectivity index (χ1v) is 10.8. The minimum Gasteiger partial charge on any atom is -0.340 e. The summed E-state index contributed by atoms with van der Waals surface area (Å²) in [6.45, 7) is 3.92. The number of anilines is 4. The van der Waals surface area contributed by atoms with Crippen LogP contribution in [0.2, 0.25) is 0 Å². The van der Waals surface area contributed by atoms with Crippen LogP contribution in [-0.2, 0) is 16.4 Å². The van der Waals surface area contributed by atoms with E-state index in [1.807, 2.05) is 32.0 Å². The summed E-state index contributed by atoms with van der Waals surface area (Å²) in [5, 5.41) is 20.2. The summed E-state index contributed by atoms with van der Waals surface area (Å²) < 4.78 is 22.7. The molecule has 0 atom stereocenters. The van der Waals surface area contributed by atoms with E-state index in [0.29, 0.717) is 23.9 Å². The van der Waals surface area contributed by atoms with Crippen molar-refractivity contribution < 1.29 is 8.42 Å². The molecule has 30 heavy (non-hydrogen) atoms. The first-order chi connectivity index (χ1) is 14.3. The molecule has 0 aliphatic carbocycles. The Morgan fingerprint density at radius 2 is 1.73 bits per heavy atom. The van der Waals surface area contributed by atoms with Gasteiger partial charge in [0.25, 0.3) is 0 Å². The van der Waals surface area contributed by atoms with Gasteiger partial charge in [0.15, 0.2) is 0 Å². The van der Waals surface area contributed by atoms with Gasteiger partial charge < -0.3 is 10.6 Å². The second kappa shape index (κ2) is 8.90. The Morgan fingerprint density at radius 1 is 1.03 bits per heavy atom. The Bertz CT molecular complexity index is 1200. The molecule has 154 valence electrons. The third-order valence-corrected chi connectivity index (χ3v) is 5.45. The van der Waals surface area contributed by atoms with Crippen LogP contribution in [0.1, 0.15) is 23.1 Å². The van der Waals surface area contributed by atoms with Crippen LogP contribution >= 0.6 is 0 Å². The molecule has 0 radical (unpaired) electrons. The van der Waals surface area contributed by atoms with Crippen molar-refractivity contribution in [2.45, 2.75) is 31.6 Å². The van der Waals surface area contributed by atoms with Gasteiger partial charge in [0.1, 0.15) is 5.82 Å². The van der Waals surface area contributed by atoms with Crippen molar-refractivity contribution in [1.82, 2.24) is 9.97 Å². The smallest absolute Gasteiger partial charge is 0.238 e. The molecule has 2 aromatic carbocycles. The number of primary sulfonamides is 1. The largest absolute Gasteiger partial charge is 0.340 e. The maximum atomic E-state index is 11.4. The van der Waals surface area contributed by atoms with Gasteiger partial charge in [-0.1, -0.05) is 6.07 Å². The predicted molar refractivity (Wildman–Crippen MR) is 116 cm³/mol. The Kier molecular flexibility index (Phi) is 6.30. The summed E-state index contributed by atoms with van der Waals surface area (Å²) in [6, 6.07) is 14.2. The van der Waals surface area contributed by atoms with Crippen molar-refractivity contribution in [3.05, 3.63) is 65.4 Å². The SMILES string of the molecule is Cc1cc(Nc2nc(Nc3ccc(S(N)(=O)=O)cc3)ncc2C)ccc1CCC#N. The average Bonchev–Trinajstić information content (AvgIpc) is 2.70. The van der Waals surface area contributed by atoms with Gasteiger partial charge in [0.05, 0.1) is 11.0 Å². The minimum absolute atomic E-state index is 0.0359. The fraction of sp³-hybridized carbons (Fsp3) is 0.190. The highest BCUT2D eigenvalue weighted by Crippen LogP contribution is 2.23. The number of nitrogens with zero attached hydrogens (tertiary/aromatic N) is 3. The van der Waals surface area contributed by atoms with Gasteiger partial charge in [-0.2, -0.15) is 10.2 Å². The van der Waals surface area contributed by atoms with Crippen molar-refractivity contribution in [2.75, 3.05) is 10.6 Å². The van der Waals surface area contributed by atoms with Crippen LogP contribution in [0.5, 0.6) is 0 Å². The second-order valence-electron chi connectivity index (χ2n) is 6.84.